The summed E-state index contributed by atoms with van der Waals surface area (Å²) < 4.78 is 12.0. The Hall–Kier alpha value is -0.870. The van der Waals surface area contributed by atoms with Crippen LogP contribution in [0.3, 0.4) is 0 Å². The van der Waals surface area contributed by atoms with Gasteiger partial charge in [-0.25, -0.2) is 0 Å². The zero-order valence-electron chi connectivity index (χ0n) is 15.4. The lowest BCUT2D eigenvalue weighted by molar-refractivity contribution is -0.174. The maximum absolute atomic E-state index is 12.9. The van der Waals surface area contributed by atoms with Crippen molar-refractivity contribution >= 4 is 5.97 Å². The molecule has 0 aromatic rings. The van der Waals surface area contributed by atoms with E-state index in [-0.39, 0.29) is 24.1 Å². The van der Waals surface area contributed by atoms with Gasteiger partial charge >= 0.3 is 5.97 Å². The minimum absolute atomic E-state index is 0.0545. The van der Waals surface area contributed by atoms with Crippen molar-refractivity contribution in [2.45, 2.75) is 70.9 Å². The van der Waals surface area contributed by atoms with Gasteiger partial charge < -0.3 is 14.6 Å². The molecule has 8 unspecified atom stereocenters. The van der Waals surface area contributed by atoms with Crippen molar-refractivity contribution in [1.29, 1.82) is 0 Å². The Bertz CT molecular complexity index is 567. The van der Waals surface area contributed by atoms with E-state index in [9.17, 15) is 9.90 Å². The van der Waals surface area contributed by atoms with Gasteiger partial charge in [0.25, 0.3) is 0 Å². The first-order valence-electron chi connectivity index (χ1n) is 9.35. The lowest BCUT2D eigenvalue weighted by Crippen LogP contribution is -2.50. The molecule has 3 fully saturated rings. The van der Waals surface area contributed by atoms with Crippen molar-refractivity contribution in [3.05, 3.63) is 12.2 Å². The van der Waals surface area contributed by atoms with Crippen LogP contribution in [0.15, 0.2) is 12.2 Å². The number of hydrogen-bond donors (Lipinski definition) is 1. The van der Waals surface area contributed by atoms with Gasteiger partial charge in [0.1, 0.15) is 5.60 Å². The van der Waals surface area contributed by atoms with Crippen LogP contribution in [0.4, 0.5) is 0 Å². The molecule has 2 aliphatic carbocycles. The highest BCUT2D eigenvalue weighted by Gasteiger charge is 2.65. The predicted octanol–water partition coefficient (Wildman–Crippen LogP) is 2.94. The van der Waals surface area contributed by atoms with Crippen molar-refractivity contribution in [1.82, 2.24) is 0 Å². The van der Waals surface area contributed by atoms with Gasteiger partial charge in [0.2, 0.25) is 0 Å². The van der Waals surface area contributed by atoms with E-state index in [0.717, 1.165) is 6.42 Å². The summed E-state index contributed by atoms with van der Waals surface area (Å²) in [6.45, 7) is 9.08. The van der Waals surface area contributed by atoms with Crippen molar-refractivity contribution in [2.75, 3.05) is 0 Å². The minimum Gasteiger partial charge on any atom is -0.460 e. The first-order chi connectivity index (χ1) is 11.1. The molecule has 4 bridgehead atoms. The molecule has 8 atom stereocenters. The quantitative estimate of drug-likeness (QED) is 0.637. The second kappa shape index (κ2) is 5.07. The highest BCUT2D eigenvalue weighted by Crippen LogP contribution is 2.63. The Morgan fingerprint density at radius 2 is 1.75 bits per heavy atom. The van der Waals surface area contributed by atoms with Gasteiger partial charge in [0, 0.05) is 5.92 Å². The Morgan fingerprint density at radius 3 is 2.33 bits per heavy atom. The van der Waals surface area contributed by atoms with Gasteiger partial charge in [-0.1, -0.05) is 12.2 Å². The second-order valence-corrected chi connectivity index (χ2v) is 9.81. The van der Waals surface area contributed by atoms with Crippen LogP contribution in [0.5, 0.6) is 0 Å². The monoisotopic (exact) mass is 334 g/mol. The Labute approximate surface area is 144 Å². The van der Waals surface area contributed by atoms with Gasteiger partial charge in [0.15, 0.2) is 0 Å². The van der Waals surface area contributed by atoms with E-state index >= 15 is 0 Å². The van der Waals surface area contributed by atoms with Gasteiger partial charge in [-0.3, -0.25) is 4.79 Å². The molecule has 0 radical (unpaired) electrons. The third kappa shape index (κ3) is 2.45. The number of ether oxygens (including phenoxy) is 2. The molecular weight excluding hydrogens is 304 g/mol. The summed E-state index contributed by atoms with van der Waals surface area (Å²) in [5.41, 5.74) is -1.65. The van der Waals surface area contributed by atoms with Gasteiger partial charge in [-0.05, 0) is 71.1 Å². The van der Waals surface area contributed by atoms with Crippen molar-refractivity contribution < 1.29 is 19.4 Å². The Kier molecular flexibility index (Phi) is 3.51. The normalized spacial score (nSPS) is 44.0. The number of esters is 1. The van der Waals surface area contributed by atoms with Gasteiger partial charge in [-0.2, -0.15) is 0 Å². The molecule has 2 aliphatic heterocycles. The van der Waals surface area contributed by atoms with Crippen molar-refractivity contribution in [2.24, 2.45) is 35.5 Å². The van der Waals surface area contributed by atoms with Crippen LogP contribution in [0.1, 0.15) is 47.5 Å². The summed E-state index contributed by atoms with van der Waals surface area (Å²) in [4.78, 5) is 12.9. The third-order valence-corrected chi connectivity index (χ3v) is 6.50. The fourth-order valence-electron chi connectivity index (χ4n) is 5.95. The summed E-state index contributed by atoms with van der Waals surface area (Å²) >= 11 is 0. The Balaban J connectivity index is 1.59. The largest absolute Gasteiger partial charge is 0.460 e. The fraction of sp³-hybridized carbons (Fsp3) is 0.850. The van der Waals surface area contributed by atoms with Gasteiger partial charge in [0.05, 0.1) is 23.7 Å². The van der Waals surface area contributed by atoms with Crippen LogP contribution in [0, 0.1) is 35.5 Å². The van der Waals surface area contributed by atoms with E-state index in [2.05, 4.69) is 12.2 Å². The summed E-state index contributed by atoms with van der Waals surface area (Å²) in [6, 6.07) is 0. The molecule has 1 N–H and O–H groups in total. The van der Waals surface area contributed by atoms with E-state index in [1.807, 2.05) is 20.8 Å². The lowest BCUT2D eigenvalue weighted by Gasteiger charge is -2.41. The molecule has 4 nitrogen and oxygen atoms in total. The van der Waals surface area contributed by atoms with Crippen LogP contribution in [-0.2, 0) is 14.3 Å². The SMILES string of the molecule is CC(C)(C)OC(=O)C(C1CC2OC1C1C3C=CC(C3)C21)C(C)(C)O. The van der Waals surface area contributed by atoms with Gasteiger partial charge in [-0.15, -0.1) is 0 Å². The van der Waals surface area contributed by atoms with Crippen LogP contribution in [0.2, 0.25) is 0 Å². The molecule has 0 spiro atoms. The number of carbonyl (C=O) groups is 1. The van der Waals surface area contributed by atoms with E-state index in [0.29, 0.717) is 23.7 Å². The first kappa shape index (κ1) is 16.6. The summed E-state index contributed by atoms with van der Waals surface area (Å²) in [5.74, 6) is 1.65. The van der Waals surface area contributed by atoms with E-state index < -0.39 is 17.1 Å². The first-order valence-corrected chi connectivity index (χ1v) is 9.35. The molecule has 2 heterocycles. The van der Waals surface area contributed by atoms with Crippen molar-refractivity contribution in [3.63, 3.8) is 0 Å². The highest BCUT2D eigenvalue weighted by atomic mass is 16.6. The molecule has 4 heteroatoms. The van der Waals surface area contributed by atoms with E-state index in [4.69, 9.17) is 9.47 Å². The molecule has 24 heavy (non-hydrogen) atoms. The number of fused-ring (bicyclic) bond motifs is 9. The standard InChI is InChI=1S/C20H30O4/c1-19(2,3)24-18(21)16(20(4,5)22)12-9-13-14-10-6-7-11(8-10)15(14)17(12)23-13/h6-7,10-17,22H,8-9H2,1-5H3. The minimum atomic E-state index is -1.11. The highest BCUT2D eigenvalue weighted by molar-refractivity contribution is 5.75. The van der Waals surface area contributed by atoms with Crippen LogP contribution >= 0.6 is 0 Å². The fourth-order valence-corrected chi connectivity index (χ4v) is 5.95. The number of allylic oxidation sites excluding steroid dienone is 2. The van der Waals surface area contributed by atoms with Crippen molar-refractivity contribution in [3.8, 4) is 0 Å². The Morgan fingerprint density at radius 1 is 1.12 bits per heavy atom. The number of aliphatic hydroxyl groups is 1. The van der Waals surface area contributed by atoms with Crippen LogP contribution in [0.25, 0.3) is 0 Å². The molecule has 2 saturated heterocycles. The summed E-state index contributed by atoms with van der Waals surface area (Å²) in [5, 5.41) is 10.7. The summed E-state index contributed by atoms with van der Waals surface area (Å²) in [6.07, 6.45) is 7.17. The average molecular weight is 334 g/mol. The maximum Gasteiger partial charge on any atom is 0.312 e. The number of carbonyl (C=O) groups excluding carboxylic acids is 1. The molecule has 4 rings (SSSR count). The third-order valence-electron chi connectivity index (χ3n) is 6.50. The molecular formula is C20H30O4. The van der Waals surface area contributed by atoms with Crippen LogP contribution < -0.4 is 0 Å². The molecule has 4 aliphatic rings. The zero-order valence-corrected chi connectivity index (χ0v) is 15.4. The van der Waals surface area contributed by atoms with E-state index in [1.54, 1.807) is 13.8 Å². The summed E-state index contributed by atoms with van der Waals surface area (Å²) in [7, 11) is 0. The average Bonchev–Trinajstić information content (AvgIpc) is 3.13. The van der Waals surface area contributed by atoms with E-state index in [1.165, 1.54) is 6.42 Å². The topological polar surface area (TPSA) is 55.8 Å². The smallest absolute Gasteiger partial charge is 0.312 e. The number of hydrogen-bond acceptors (Lipinski definition) is 4. The van der Waals surface area contributed by atoms with Crippen LogP contribution in [-0.4, -0.2) is 34.5 Å². The molecule has 1 saturated carbocycles. The lowest BCUT2D eigenvalue weighted by atomic mass is 9.64. The number of rotatable bonds is 3. The zero-order chi connectivity index (χ0) is 17.4. The molecule has 0 aromatic heterocycles. The maximum atomic E-state index is 12.9. The molecule has 0 aromatic carbocycles. The molecule has 134 valence electrons. The predicted molar refractivity (Wildman–Crippen MR) is 90.1 cm³/mol. The second-order valence-electron chi connectivity index (χ2n) is 9.81. The molecule has 0 amide bonds.